The van der Waals surface area contributed by atoms with Crippen LogP contribution >= 0.6 is 0 Å². The highest BCUT2D eigenvalue weighted by Gasteiger charge is 2.83. The Hall–Kier alpha value is -1.86. The number of hydrogen-bond donors (Lipinski definition) is 6. The normalized spacial score (nSPS) is 56.9. The SMILES string of the molecule is C=C1C[C@]23C[C@@]1(O)CC[C@@H]2[C@]12C=C[C@@H](O[C@@H]4O[C@H](CO)[C@@H](O)[C@H](O)[C@H]4O)[C@](C)(C(=O)O1)[C@@H]2[C@H]3C(=O)O. The minimum absolute atomic E-state index is 0.235. The number of hydrogen-bond acceptors (Lipinski definition) is 10. The molecule has 4 aliphatic carbocycles. The quantitative estimate of drug-likeness (QED) is 0.199. The fraction of sp³-hybridized carbons (Fsp3) is 0.760. The average Bonchev–Trinajstić information content (AvgIpc) is 3.24. The first-order valence-electron chi connectivity index (χ1n) is 12.4. The summed E-state index contributed by atoms with van der Waals surface area (Å²) in [6.45, 7) is 4.99. The summed E-state index contributed by atoms with van der Waals surface area (Å²) in [6.07, 6.45) is -3.97. The molecule has 36 heavy (non-hydrogen) atoms. The highest BCUT2D eigenvalue weighted by Crippen LogP contribution is 2.77. The van der Waals surface area contributed by atoms with Gasteiger partial charge in [0.1, 0.15) is 35.4 Å². The molecular formula is C25H32O11. The lowest BCUT2D eigenvalue weighted by molar-refractivity contribution is -0.315. The van der Waals surface area contributed by atoms with Crippen molar-refractivity contribution >= 4 is 11.9 Å². The van der Waals surface area contributed by atoms with Crippen molar-refractivity contribution in [1.29, 1.82) is 0 Å². The number of carbonyl (C=O) groups excluding carboxylic acids is 1. The van der Waals surface area contributed by atoms with Crippen molar-refractivity contribution in [1.82, 2.24) is 0 Å². The van der Waals surface area contributed by atoms with Crippen molar-refractivity contribution in [3.05, 3.63) is 24.3 Å². The molecule has 198 valence electrons. The zero-order valence-corrected chi connectivity index (χ0v) is 19.8. The Bertz CT molecular complexity index is 1060. The lowest BCUT2D eigenvalue weighted by atomic mass is 9.61. The summed E-state index contributed by atoms with van der Waals surface area (Å²) < 4.78 is 17.6. The Morgan fingerprint density at radius 1 is 1.25 bits per heavy atom. The molecule has 6 N–H and O–H groups in total. The molecule has 0 aromatic carbocycles. The Morgan fingerprint density at radius 2 is 1.97 bits per heavy atom. The van der Waals surface area contributed by atoms with Crippen molar-refractivity contribution < 1.29 is 54.4 Å². The van der Waals surface area contributed by atoms with Gasteiger partial charge in [0.25, 0.3) is 0 Å². The van der Waals surface area contributed by atoms with E-state index in [1.165, 1.54) is 0 Å². The lowest BCUT2D eigenvalue weighted by Gasteiger charge is -2.45. The minimum atomic E-state index is -1.68. The summed E-state index contributed by atoms with van der Waals surface area (Å²) in [4.78, 5) is 26.4. The number of carboxylic acids is 1. The fourth-order valence-electron chi connectivity index (χ4n) is 8.63. The Kier molecular flexibility index (Phi) is 5.01. The van der Waals surface area contributed by atoms with Gasteiger partial charge in [0, 0.05) is 11.8 Å². The van der Waals surface area contributed by atoms with Gasteiger partial charge in [-0.15, -0.1) is 0 Å². The standard InChI is InChI=1S/C25H32O11/c1-10-7-23-9-24(10,33)5-3-12(23)25-6-4-13(22(2,21(32)36-25)18(25)14(23)19(30)31)35-20-17(29)16(28)15(27)11(8-26)34-20/h4,6,11-18,20,26-29,33H,1,3,5,7-9H2,2H3,(H,30,31)/t11-,12+,13-,14+,15-,16+,17-,18+,20+,22+,23+,24+,25+/m1/s1. The van der Waals surface area contributed by atoms with E-state index < -0.39 is 89.2 Å². The van der Waals surface area contributed by atoms with Gasteiger partial charge < -0.3 is 44.8 Å². The van der Waals surface area contributed by atoms with Crippen LogP contribution in [0.5, 0.6) is 0 Å². The largest absolute Gasteiger partial charge is 0.481 e. The van der Waals surface area contributed by atoms with Crippen LogP contribution < -0.4 is 0 Å². The predicted molar refractivity (Wildman–Crippen MR) is 118 cm³/mol. The van der Waals surface area contributed by atoms with Crippen LogP contribution in [-0.2, 0) is 23.8 Å². The van der Waals surface area contributed by atoms with Crippen molar-refractivity contribution in [2.24, 2.45) is 28.6 Å². The first kappa shape index (κ1) is 24.5. The molecule has 6 rings (SSSR count). The molecule has 2 saturated heterocycles. The van der Waals surface area contributed by atoms with Gasteiger partial charge >= 0.3 is 11.9 Å². The van der Waals surface area contributed by atoms with E-state index >= 15 is 0 Å². The molecule has 2 aliphatic heterocycles. The zero-order valence-electron chi connectivity index (χ0n) is 19.8. The molecule has 11 heteroatoms. The molecule has 0 aromatic heterocycles. The zero-order chi connectivity index (χ0) is 26.0. The van der Waals surface area contributed by atoms with Crippen LogP contribution in [0.2, 0.25) is 0 Å². The molecule has 0 unspecified atom stereocenters. The van der Waals surface area contributed by atoms with Gasteiger partial charge in [-0.05, 0) is 49.7 Å². The Morgan fingerprint density at radius 3 is 2.64 bits per heavy atom. The highest BCUT2D eigenvalue weighted by molar-refractivity contribution is 5.86. The number of carbonyl (C=O) groups is 2. The minimum Gasteiger partial charge on any atom is -0.481 e. The summed E-state index contributed by atoms with van der Waals surface area (Å²) in [5.74, 6) is -3.90. The van der Waals surface area contributed by atoms with E-state index in [1.54, 1.807) is 19.1 Å². The third-order valence-corrected chi connectivity index (χ3v) is 10.2. The molecule has 0 radical (unpaired) electrons. The maximum Gasteiger partial charge on any atom is 0.316 e. The van der Waals surface area contributed by atoms with E-state index in [0.29, 0.717) is 24.8 Å². The molecule has 0 aromatic rings. The van der Waals surface area contributed by atoms with Crippen LogP contribution in [-0.4, -0.2) is 97.2 Å². The molecule has 11 nitrogen and oxygen atoms in total. The third-order valence-electron chi connectivity index (χ3n) is 10.2. The van der Waals surface area contributed by atoms with E-state index in [2.05, 4.69) is 6.58 Å². The maximum atomic E-state index is 13.5. The summed E-state index contributed by atoms with van der Waals surface area (Å²) in [5.41, 5.74) is -4.04. The number of rotatable bonds is 4. The lowest BCUT2D eigenvalue weighted by Crippen LogP contribution is -2.61. The van der Waals surface area contributed by atoms with E-state index in [-0.39, 0.29) is 12.3 Å². The van der Waals surface area contributed by atoms with Gasteiger partial charge in [-0.3, -0.25) is 9.59 Å². The third kappa shape index (κ3) is 2.67. The van der Waals surface area contributed by atoms with Crippen LogP contribution in [0.4, 0.5) is 0 Å². The number of carboxylic acid groups (broad SMARTS) is 1. The van der Waals surface area contributed by atoms with Crippen molar-refractivity contribution in [3.63, 3.8) is 0 Å². The second kappa shape index (κ2) is 7.37. The number of aliphatic hydroxyl groups excluding tert-OH is 4. The Balaban J connectivity index is 1.41. The molecular weight excluding hydrogens is 476 g/mol. The van der Waals surface area contributed by atoms with Gasteiger partial charge in [0.05, 0.1) is 24.2 Å². The first-order chi connectivity index (χ1) is 16.9. The molecule has 4 bridgehead atoms. The molecule has 2 heterocycles. The second-order valence-electron chi connectivity index (χ2n) is 11.7. The van der Waals surface area contributed by atoms with E-state index in [1.807, 2.05) is 0 Å². The van der Waals surface area contributed by atoms with Gasteiger partial charge in [0.15, 0.2) is 6.29 Å². The number of ether oxygens (including phenoxy) is 3. The molecule has 1 spiro atoms. The van der Waals surface area contributed by atoms with Crippen LogP contribution in [0.1, 0.15) is 32.6 Å². The first-order valence-corrected chi connectivity index (χ1v) is 12.4. The van der Waals surface area contributed by atoms with Crippen molar-refractivity contribution in [2.75, 3.05) is 6.61 Å². The fourth-order valence-corrected chi connectivity index (χ4v) is 8.63. The summed E-state index contributed by atoms with van der Waals surface area (Å²) in [5, 5.41) is 62.0. The van der Waals surface area contributed by atoms with Crippen LogP contribution in [0.3, 0.4) is 0 Å². The van der Waals surface area contributed by atoms with Crippen molar-refractivity contribution in [3.8, 4) is 0 Å². The van der Waals surface area contributed by atoms with Gasteiger partial charge in [-0.1, -0.05) is 12.7 Å². The predicted octanol–water partition coefficient (Wildman–Crippen LogP) is -1.15. The summed E-state index contributed by atoms with van der Waals surface area (Å²) >= 11 is 0. The number of fused-ring (bicyclic) bond motifs is 1. The maximum absolute atomic E-state index is 13.5. The second-order valence-corrected chi connectivity index (χ2v) is 11.7. The molecule has 5 fully saturated rings. The molecule has 6 aliphatic rings. The molecule has 0 amide bonds. The topological polar surface area (TPSA) is 183 Å². The van der Waals surface area contributed by atoms with Crippen LogP contribution in [0.25, 0.3) is 0 Å². The van der Waals surface area contributed by atoms with Crippen LogP contribution in [0, 0.1) is 28.6 Å². The number of aliphatic hydroxyl groups is 5. The monoisotopic (exact) mass is 508 g/mol. The average molecular weight is 509 g/mol. The van der Waals surface area contributed by atoms with E-state index in [9.17, 15) is 40.2 Å². The van der Waals surface area contributed by atoms with Gasteiger partial charge in [-0.25, -0.2) is 0 Å². The van der Waals surface area contributed by atoms with Crippen LogP contribution in [0.15, 0.2) is 24.3 Å². The molecule has 3 saturated carbocycles. The number of esters is 1. The smallest absolute Gasteiger partial charge is 0.316 e. The Labute approximate surface area is 207 Å². The summed E-state index contributed by atoms with van der Waals surface area (Å²) in [6, 6.07) is 0. The molecule has 13 atom stereocenters. The van der Waals surface area contributed by atoms with E-state index in [0.717, 1.165) is 0 Å². The van der Waals surface area contributed by atoms with Gasteiger partial charge in [0.2, 0.25) is 0 Å². The van der Waals surface area contributed by atoms with Crippen molar-refractivity contribution in [2.45, 2.75) is 80.6 Å². The number of aliphatic carboxylic acids is 1. The van der Waals surface area contributed by atoms with E-state index in [4.69, 9.17) is 14.2 Å². The highest BCUT2D eigenvalue weighted by atomic mass is 16.7. The summed E-state index contributed by atoms with van der Waals surface area (Å²) in [7, 11) is 0. The van der Waals surface area contributed by atoms with Gasteiger partial charge in [-0.2, -0.15) is 0 Å².